The molecular formula is C28H24OS. The van der Waals surface area contributed by atoms with E-state index in [1.54, 1.807) is 11.8 Å². The summed E-state index contributed by atoms with van der Waals surface area (Å²) in [5.41, 5.74) is 5.02. The molecule has 30 heavy (non-hydrogen) atoms. The third kappa shape index (κ3) is 4.90. The van der Waals surface area contributed by atoms with Crippen LogP contribution in [0.15, 0.2) is 120 Å². The van der Waals surface area contributed by atoms with Gasteiger partial charge < -0.3 is 4.79 Å². The van der Waals surface area contributed by atoms with Crippen molar-refractivity contribution in [3.63, 3.8) is 0 Å². The van der Waals surface area contributed by atoms with Crippen LogP contribution in [0.1, 0.15) is 39.8 Å². The molecule has 0 aliphatic heterocycles. The Morgan fingerprint density at radius 1 is 0.567 bits per heavy atom. The molecular weight excluding hydrogens is 384 g/mol. The fraction of sp³-hybridized carbons (Fsp3) is 0.107. The Morgan fingerprint density at radius 3 is 1.47 bits per heavy atom. The molecule has 1 unspecified atom stereocenters. The van der Waals surface area contributed by atoms with Crippen LogP contribution in [0.5, 0.6) is 0 Å². The van der Waals surface area contributed by atoms with Gasteiger partial charge in [0.2, 0.25) is 0 Å². The fourth-order valence-corrected chi connectivity index (χ4v) is 4.87. The van der Waals surface area contributed by atoms with Gasteiger partial charge in [-0.25, -0.2) is 0 Å². The molecule has 2 heteroatoms. The van der Waals surface area contributed by atoms with Crippen molar-refractivity contribution in [2.75, 3.05) is 0 Å². The SMILES string of the molecule is O=CCC(Sc1ccc(C(c2ccccc2)c2ccccc2)cc1)c1ccccc1. The average Bonchev–Trinajstić information content (AvgIpc) is 2.82. The number of rotatable bonds is 8. The van der Waals surface area contributed by atoms with Gasteiger partial charge in [-0.3, -0.25) is 0 Å². The molecule has 0 spiro atoms. The minimum Gasteiger partial charge on any atom is -0.303 e. The van der Waals surface area contributed by atoms with Gasteiger partial charge in [-0.15, -0.1) is 11.8 Å². The molecule has 0 aliphatic rings. The molecule has 4 rings (SSSR count). The molecule has 1 nitrogen and oxygen atoms in total. The fourth-order valence-electron chi connectivity index (χ4n) is 3.78. The highest BCUT2D eigenvalue weighted by molar-refractivity contribution is 7.99. The van der Waals surface area contributed by atoms with Crippen molar-refractivity contribution >= 4 is 18.0 Å². The van der Waals surface area contributed by atoms with Gasteiger partial charge in [-0.2, -0.15) is 0 Å². The second-order valence-electron chi connectivity index (χ2n) is 7.24. The van der Waals surface area contributed by atoms with E-state index in [9.17, 15) is 4.79 Å². The van der Waals surface area contributed by atoms with Crippen LogP contribution < -0.4 is 0 Å². The normalized spacial score (nSPS) is 11.9. The van der Waals surface area contributed by atoms with Crippen LogP contribution in [0, 0.1) is 0 Å². The van der Waals surface area contributed by atoms with Crippen molar-refractivity contribution in [3.8, 4) is 0 Å². The predicted octanol–water partition coefficient (Wildman–Crippen LogP) is 7.29. The van der Waals surface area contributed by atoms with Crippen molar-refractivity contribution in [1.82, 2.24) is 0 Å². The first kappa shape index (κ1) is 20.2. The Bertz CT molecular complexity index is 1000. The lowest BCUT2D eigenvalue weighted by Crippen LogP contribution is -2.03. The van der Waals surface area contributed by atoms with E-state index in [2.05, 4.69) is 97.1 Å². The topological polar surface area (TPSA) is 17.1 Å². The van der Waals surface area contributed by atoms with Gasteiger partial charge in [0.25, 0.3) is 0 Å². The van der Waals surface area contributed by atoms with Crippen LogP contribution in [-0.4, -0.2) is 6.29 Å². The molecule has 4 aromatic carbocycles. The van der Waals surface area contributed by atoms with Gasteiger partial charge in [0, 0.05) is 22.5 Å². The summed E-state index contributed by atoms with van der Waals surface area (Å²) in [6.07, 6.45) is 1.52. The molecule has 0 aromatic heterocycles. The first-order valence-electron chi connectivity index (χ1n) is 10.2. The minimum absolute atomic E-state index is 0.133. The summed E-state index contributed by atoms with van der Waals surface area (Å²) in [5.74, 6) is 0.200. The largest absolute Gasteiger partial charge is 0.303 e. The lowest BCUT2D eigenvalue weighted by Gasteiger charge is -2.20. The van der Waals surface area contributed by atoms with E-state index in [0.717, 1.165) is 6.29 Å². The van der Waals surface area contributed by atoms with Crippen LogP contribution in [0.25, 0.3) is 0 Å². The zero-order valence-electron chi connectivity index (χ0n) is 16.7. The molecule has 148 valence electrons. The Balaban J connectivity index is 1.61. The van der Waals surface area contributed by atoms with E-state index in [4.69, 9.17) is 0 Å². The number of carbonyl (C=O) groups excluding carboxylic acids is 1. The van der Waals surface area contributed by atoms with Crippen molar-refractivity contribution in [2.45, 2.75) is 22.5 Å². The number of thioether (sulfide) groups is 1. The molecule has 0 radical (unpaired) electrons. The molecule has 0 heterocycles. The predicted molar refractivity (Wildman–Crippen MR) is 126 cm³/mol. The lowest BCUT2D eigenvalue weighted by atomic mass is 9.85. The van der Waals surface area contributed by atoms with Crippen LogP contribution in [0.2, 0.25) is 0 Å². The summed E-state index contributed by atoms with van der Waals surface area (Å²) in [4.78, 5) is 12.4. The Hall–Kier alpha value is -3.10. The molecule has 0 aliphatic carbocycles. The van der Waals surface area contributed by atoms with Crippen molar-refractivity contribution in [1.29, 1.82) is 0 Å². The number of aldehydes is 1. The molecule has 0 saturated heterocycles. The number of carbonyl (C=O) groups is 1. The average molecular weight is 409 g/mol. The molecule has 1 atom stereocenters. The highest BCUT2D eigenvalue weighted by Gasteiger charge is 2.17. The van der Waals surface area contributed by atoms with E-state index in [-0.39, 0.29) is 11.2 Å². The van der Waals surface area contributed by atoms with Crippen molar-refractivity contribution in [2.24, 2.45) is 0 Å². The zero-order chi connectivity index (χ0) is 20.6. The van der Waals surface area contributed by atoms with Gasteiger partial charge in [0.05, 0.1) is 0 Å². The number of hydrogen-bond acceptors (Lipinski definition) is 2. The van der Waals surface area contributed by atoms with E-state index < -0.39 is 0 Å². The summed E-state index contributed by atoms with van der Waals surface area (Å²) in [6.45, 7) is 0. The molecule has 0 fully saturated rings. The Morgan fingerprint density at radius 2 is 1.00 bits per heavy atom. The molecule has 4 aromatic rings. The third-order valence-corrected chi connectivity index (χ3v) is 6.53. The molecule has 0 saturated carbocycles. The highest BCUT2D eigenvalue weighted by atomic mass is 32.2. The minimum atomic E-state index is 0.133. The Labute approximate surface area is 182 Å². The first-order chi connectivity index (χ1) is 14.8. The summed E-state index contributed by atoms with van der Waals surface area (Å²) in [7, 11) is 0. The monoisotopic (exact) mass is 408 g/mol. The van der Waals surface area contributed by atoms with Gasteiger partial charge >= 0.3 is 0 Å². The molecule has 0 N–H and O–H groups in total. The van der Waals surface area contributed by atoms with E-state index >= 15 is 0 Å². The summed E-state index contributed by atoms with van der Waals surface area (Å²) in [6, 6.07) is 40.3. The van der Waals surface area contributed by atoms with Crippen molar-refractivity contribution in [3.05, 3.63) is 138 Å². The third-order valence-electron chi connectivity index (χ3n) is 5.24. The van der Waals surface area contributed by atoms with Gasteiger partial charge in [0.1, 0.15) is 6.29 Å². The molecule has 0 amide bonds. The van der Waals surface area contributed by atoms with Crippen LogP contribution in [0.4, 0.5) is 0 Å². The summed E-state index contributed by atoms with van der Waals surface area (Å²) in [5, 5.41) is 0.133. The second kappa shape index (κ2) is 10.1. The first-order valence-corrected chi connectivity index (χ1v) is 11.1. The van der Waals surface area contributed by atoms with Crippen molar-refractivity contribution < 1.29 is 4.79 Å². The standard InChI is InChI=1S/C28H24OS/c29-21-20-27(22-10-4-1-5-11-22)30-26-18-16-25(17-19-26)28(23-12-6-2-7-13-23)24-14-8-3-9-15-24/h1-19,21,27-28H,20H2. The maximum Gasteiger partial charge on any atom is 0.121 e. The number of benzene rings is 4. The van der Waals surface area contributed by atoms with Crippen LogP contribution in [0.3, 0.4) is 0 Å². The lowest BCUT2D eigenvalue weighted by molar-refractivity contribution is -0.107. The van der Waals surface area contributed by atoms with Gasteiger partial charge in [-0.05, 0) is 34.4 Å². The maximum atomic E-state index is 11.2. The zero-order valence-corrected chi connectivity index (χ0v) is 17.5. The van der Waals surface area contributed by atoms with Gasteiger partial charge in [-0.1, -0.05) is 103 Å². The van der Waals surface area contributed by atoms with Crippen LogP contribution in [-0.2, 0) is 4.79 Å². The highest BCUT2D eigenvalue weighted by Crippen LogP contribution is 2.39. The van der Waals surface area contributed by atoms with E-state index in [1.165, 1.54) is 27.1 Å². The smallest absolute Gasteiger partial charge is 0.121 e. The van der Waals surface area contributed by atoms with E-state index in [1.807, 2.05) is 18.2 Å². The van der Waals surface area contributed by atoms with Crippen LogP contribution >= 0.6 is 11.8 Å². The number of hydrogen-bond donors (Lipinski definition) is 0. The van der Waals surface area contributed by atoms with E-state index in [0.29, 0.717) is 6.42 Å². The second-order valence-corrected chi connectivity index (χ2v) is 8.52. The Kier molecular flexibility index (Phi) is 6.79. The maximum absolute atomic E-state index is 11.2. The summed E-state index contributed by atoms with van der Waals surface area (Å²) >= 11 is 1.75. The molecule has 0 bridgehead atoms. The quantitative estimate of drug-likeness (QED) is 0.173. The van der Waals surface area contributed by atoms with Gasteiger partial charge in [0.15, 0.2) is 0 Å². The summed E-state index contributed by atoms with van der Waals surface area (Å²) < 4.78 is 0.